The summed E-state index contributed by atoms with van der Waals surface area (Å²) in [5.41, 5.74) is 5.83. The number of rotatable bonds is 2. The highest BCUT2D eigenvalue weighted by atomic mass is 19.2. The number of halogens is 1. The first kappa shape index (κ1) is 9.15. The molecule has 14 heavy (non-hydrogen) atoms. The van der Waals surface area contributed by atoms with Gasteiger partial charge in [0, 0.05) is 0 Å². The second-order valence-electron chi connectivity index (χ2n) is 3.45. The Morgan fingerprint density at radius 1 is 1.36 bits per heavy atom. The van der Waals surface area contributed by atoms with Crippen LogP contribution in [0, 0.1) is 13.8 Å². The summed E-state index contributed by atoms with van der Waals surface area (Å²) >= 11 is 0. The SMILES string of the molecule is Cc1cc2nc(CNF)[nH]c2cc1C. The van der Waals surface area contributed by atoms with Gasteiger partial charge in [0.05, 0.1) is 17.6 Å². The van der Waals surface area contributed by atoms with Gasteiger partial charge < -0.3 is 4.98 Å². The van der Waals surface area contributed by atoms with E-state index in [1.807, 2.05) is 26.0 Å². The van der Waals surface area contributed by atoms with E-state index in [-0.39, 0.29) is 6.54 Å². The maximum Gasteiger partial charge on any atom is 0.123 e. The Hall–Kier alpha value is -1.42. The average molecular weight is 193 g/mol. The Morgan fingerprint density at radius 2 is 2.07 bits per heavy atom. The van der Waals surface area contributed by atoms with E-state index in [2.05, 4.69) is 9.97 Å². The van der Waals surface area contributed by atoms with Crippen LogP contribution in [-0.4, -0.2) is 9.97 Å². The van der Waals surface area contributed by atoms with Gasteiger partial charge in [-0.1, -0.05) is 0 Å². The third-order valence-corrected chi connectivity index (χ3v) is 2.38. The largest absolute Gasteiger partial charge is 0.341 e. The standard InChI is InChI=1S/C10H12FN3/c1-6-3-8-9(4-7(6)2)14-10(13-8)5-12-11/h3-4,12H,5H2,1-2H3,(H,13,14). The van der Waals surface area contributed by atoms with Crippen molar-refractivity contribution in [1.29, 1.82) is 0 Å². The second-order valence-corrected chi connectivity index (χ2v) is 3.45. The first-order chi connectivity index (χ1) is 6.70. The minimum atomic E-state index is 0.118. The van der Waals surface area contributed by atoms with Crippen molar-refractivity contribution in [2.24, 2.45) is 0 Å². The van der Waals surface area contributed by atoms with E-state index in [9.17, 15) is 4.48 Å². The maximum absolute atomic E-state index is 11.9. The molecule has 0 aliphatic rings. The van der Waals surface area contributed by atoms with Crippen LogP contribution in [0.4, 0.5) is 4.48 Å². The summed E-state index contributed by atoms with van der Waals surface area (Å²) in [5, 5.41) is 0. The van der Waals surface area contributed by atoms with Crippen LogP contribution in [0.1, 0.15) is 17.0 Å². The molecule has 0 saturated carbocycles. The molecule has 0 aliphatic carbocycles. The van der Waals surface area contributed by atoms with Crippen molar-refractivity contribution in [2.45, 2.75) is 20.4 Å². The fraction of sp³-hybridized carbons (Fsp3) is 0.300. The lowest BCUT2D eigenvalue weighted by atomic mass is 10.1. The average Bonchev–Trinajstić information content (AvgIpc) is 2.48. The zero-order valence-corrected chi connectivity index (χ0v) is 8.19. The molecule has 4 heteroatoms. The zero-order valence-electron chi connectivity index (χ0n) is 8.19. The van der Waals surface area contributed by atoms with Crippen molar-refractivity contribution in [3.63, 3.8) is 0 Å². The van der Waals surface area contributed by atoms with Gasteiger partial charge in [0.2, 0.25) is 0 Å². The van der Waals surface area contributed by atoms with Crippen molar-refractivity contribution in [3.8, 4) is 0 Å². The molecule has 1 heterocycles. The summed E-state index contributed by atoms with van der Waals surface area (Å²) in [6.07, 6.45) is 0. The van der Waals surface area contributed by atoms with Crippen LogP contribution < -0.4 is 5.54 Å². The van der Waals surface area contributed by atoms with E-state index in [1.165, 1.54) is 11.1 Å². The maximum atomic E-state index is 11.9. The number of nitrogens with zero attached hydrogens (tertiary/aromatic N) is 1. The lowest BCUT2D eigenvalue weighted by molar-refractivity contribution is 0.325. The van der Waals surface area contributed by atoms with Crippen molar-refractivity contribution >= 4 is 11.0 Å². The third-order valence-electron chi connectivity index (χ3n) is 2.38. The van der Waals surface area contributed by atoms with Gasteiger partial charge in [0.1, 0.15) is 5.82 Å². The number of aromatic nitrogens is 2. The molecule has 1 aromatic heterocycles. The lowest BCUT2D eigenvalue weighted by Gasteiger charge is -1.97. The van der Waals surface area contributed by atoms with Crippen molar-refractivity contribution < 1.29 is 4.48 Å². The Balaban J connectivity index is 2.54. The number of imidazole rings is 1. The predicted molar refractivity (Wildman–Crippen MR) is 53.5 cm³/mol. The van der Waals surface area contributed by atoms with Crippen LogP contribution in [-0.2, 0) is 6.54 Å². The third kappa shape index (κ3) is 1.48. The molecule has 0 spiro atoms. The highest BCUT2D eigenvalue weighted by molar-refractivity contribution is 5.77. The van der Waals surface area contributed by atoms with Crippen LogP contribution in [0.5, 0.6) is 0 Å². The molecule has 2 aromatic rings. The smallest absolute Gasteiger partial charge is 0.123 e. The summed E-state index contributed by atoms with van der Waals surface area (Å²) < 4.78 is 11.9. The van der Waals surface area contributed by atoms with Gasteiger partial charge >= 0.3 is 0 Å². The van der Waals surface area contributed by atoms with Crippen LogP contribution >= 0.6 is 0 Å². The molecule has 3 nitrogen and oxygen atoms in total. The number of aromatic amines is 1. The predicted octanol–water partition coefficient (Wildman–Crippen LogP) is 2.15. The van der Waals surface area contributed by atoms with Gasteiger partial charge in [0.15, 0.2) is 0 Å². The Bertz CT molecular complexity index is 423. The van der Waals surface area contributed by atoms with Crippen LogP contribution in [0.25, 0.3) is 11.0 Å². The molecule has 0 atom stereocenters. The van der Waals surface area contributed by atoms with Crippen LogP contribution in [0.2, 0.25) is 0 Å². The fourth-order valence-electron chi connectivity index (χ4n) is 1.47. The number of H-pyrrole nitrogens is 1. The number of aryl methyl sites for hydroxylation is 2. The van der Waals surface area contributed by atoms with E-state index >= 15 is 0 Å². The molecular weight excluding hydrogens is 181 g/mol. The lowest BCUT2D eigenvalue weighted by Crippen LogP contribution is -2.00. The van der Waals surface area contributed by atoms with Gasteiger partial charge in [-0.25, -0.2) is 4.98 Å². The fourth-order valence-corrected chi connectivity index (χ4v) is 1.47. The zero-order chi connectivity index (χ0) is 10.1. The normalized spacial score (nSPS) is 11.1. The van der Waals surface area contributed by atoms with E-state index in [4.69, 9.17) is 0 Å². The summed E-state index contributed by atoms with van der Waals surface area (Å²) in [5.74, 6) is 0.618. The van der Waals surface area contributed by atoms with E-state index < -0.39 is 0 Å². The first-order valence-corrected chi connectivity index (χ1v) is 4.50. The monoisotopic (exact) mass is 193 g/mol. The molecular formula is C10H12FN3. The first-order valence-electron chi connectivity index (χ1n) is 4.50. The number of hydrogen-bond donors (Lipinski definition) is 2. The number of nitrogens with one attached hydrogen (secondary N) is 2. The molecule has 0 amide bonds. The van der Waals surface area contributed by atoms with Gasteiger partial charge in [-0.2, -0.15) is 5.54 Å². The molecule has 0 radical (unpaired) electrons. The molecule has 0 fully saturated rings. The van der Waals surface area contributed by atoms with Crippen molar-refractivity contribution in [2.75, 3.05) is 0 Å². The van der Waals surface area contributed by atoms with E-state index in [0.717, 1.165) is 11.0 Å². The summed E-state index contributed by atoms with van der Waals surface area (Å²) in [6.45, 7) is 4.20. The minimum Gasteiger partial charge on any atom is -0.341 e. The van der Waals surface area contributed by atoms with Gasteiger partial charge in [-0.3, -0.25) is 0 Å². The van der Waals surface area contributed by atoms with Crippen LogP contribution in [0.3, 0.4) is 0 Å². The molecule has 0 bridgehead atoms. The number of fused-ring (bicyclic) bond motifs is 1. The van der Waals surface area contributed by atoms with Gasteiger partial charge in [-0.05, 0) is 37.1 Å². The van der Waals surface area contributed by atoms with E-state index in [1.54, 1.807) is 5.54 Å². The second kappa shape index (κ2) is 3.38. The van der Waals surface area contributed by atoms with Crippen LogP contribution in [0.15, 0.2) is 12.1 Å². The van der Waals surface area contributed by atoms with Crippen molar-refractivity contribution in [1.82, 2.24) is 15.5 Å². The Kier molecular flexibility index (Phi) is 2.21. The highest BCUT2D eigenvalue weighted by Crippen LogP contribution is 2.17. The summed E-state index contributed by atoms with van der Waals surface area (Å²) in [4.78, 5) is 7.30. The van der Waals surface area contributed by atoms with Gasteiger partial charge in [-0.15, -0.1) is 4.48 Å². The number of hydrogen-bond acceptors (Lipinski definition) is 2. The molecule has 1 aromatic carbocycles. The number of benzene rings is 1. The quantitative estimate of drug-likeness (QED) is 0.717. The molecule has 2 N–H and O–H groups in total. The Labute approximate surface area is 81.3 Å². The van der Waals surface area contributed by atoms with Gasteiger partial charge in [0.25, 0.3) is 0 Å². The van der Waals surface area contributed by atoms with Crippen molar-refractivity contribution in [3.05, 3.63) is 29.1 Å². The topological polar surface area (TPSA) is 40.7 Å². The molecule has 74 valence electrons. The Morgan fingerprint density at radius 3 is 2.79 bits per heavy atom. The summed E-state index contributed by atoms with van der Waals surface area (Å²) in [6, 6.07) is 4.03. The molecule has 0 aliphatic heterocycles. The highest BCUT2D eigenvalue weighted by Gasteiger charge is 2.03. The molecule has 0 unspecified atom stereocenters. The molecule has 2 rings (SSSR count). The summed E-state index contributed by atoms with van der Waals surface area (Å²) in [7, 11) is 0. The molecule has 0 saturated heterocycles. The minimum absolute atomic E-state index is 0.118. The van der Waals surface area contributed by atoms with E-state index in [0.29, 0.717) is 5.82 Å².